The Hall–Kier alpha value is -2.63. The van der Waals surface area contributed by atoms with Gasteiger partial charge in [-0.25, -0.2) is 0 Å². The number of nitrogens with zero attached hydrogens (tertiary/aromatic N) is 3. The SMILES string of the molecule is CN(Cc1ccon1)C(=O)C1(C)CCCN(C(=O)c2ccccc2)C1. The Balaban J connectivity index is 1.70. The number of hydrogen-bond donors (Lipinski definition) is 0. The fourth-order valence-electron chi connectivity index (χ4n) is 3.45. The quantitative estimate of drug-likeness (QED) is 0.857. The van der Waals surface area contributed by atoms with Gasteiger partial charge in [0, 0.05) is 31.8 Å². The zero-order valence-corrected chi connectivity index (χ0v) is 14.6. The van der Waals surface area contributed by atoms with E-state index in [4.69, 9.17) is 4.52 Å². The van der Waals surface area contributed by atoms with Gasteiger partial charge in [0.15, 0.2) is 0 Å². The largest absolute Gasteiger partial charge is 0.364 e. The zero-order valence-electron chi connectivity index (χ0n) is 14.6. The number of benzene rings is 1. The van der Waals surface area contributed by atoms with Crippen LogP contribution in [0.15, 0.2) is 47.2 Å². The first-order valence-electron chi connectivity index (χ1n) is 8.49. The first-order chi connectivity index (χ1) is 12.0. The van der Waals surface area contributed by atoms with Crippen LogP contribution in [0.1, 0.15) is 35.8 Å². The van der Waals surface area contributed by atoms with Crippen LogP contribution in [0.25, 0.3) is 0 Å². The fourth-order valence-corrected chi connectivity index (χ4v) is 3.45. The van der Waals surface area contributed by atoms with E-state index in [1.54, 1.807) is 22.9 Å². The minimum Gasteiger partial charge on any atom is -0.364 e. The van der Waals surface area contributed by atoms with Crippen LogP contribution >= 0.6 is 0 Å². The summed E-state index contributed by atoms with van der Waals surface area (Å²) in [7, 11) is 1.76. The number of carbonyl (C=O) groups is 2. The van der Waals surface area contributed by atoms with Gasteiger partial charge in [-0.05, 0) is 31.9 Å². The molecule has 6 heteroatoms. The lowest BCUT2D eigenvalue weighted by atomic mass is 9.80. The molecular formula is C19H23N3O3. The maximum Gasteiger partial charge on any atom is 0.253 e. The Morgan fingerprint density at radius 3 is 2.72 bits per heavy atom. The van der Waals surface area contributed by atoms with Crippen molar-refractivity contribution in [3.63, 3.8) is 0 Å². The van der Waals surface area contributed by atoms with E-state index in [2.05, 4.69) is 5.16 Å². The van der Waals surface area contributed by atoms with Crippen LogP contribution in [-0.4, -0.2) is 46.9 Å². The molecule has 0 aliphatic carbocycles. The molecule has 25 heavy (non-hydrogen) atoms. The Morgan fingerprint density at radius 2 is 2.04 bits per heavy atom. The molecule has 0 saturated carbocycles. The molecule has 2 aromatic rings. The molecule has 3 rings (SSSR count). The fraction of sp³-hybridized carbons (Fsp3) is 0.421. The third-order valence-corrected chi connectivity index (χ3v) is 4.76. The molecule has 2 heterocycles. The summed E-state index contributed by atoms with van der Waals surface area (Å²) in [5, 5.41) is 3.86. The first kappa shape index (κ1) is 17.2. The van der Waals surface area contributed by atoms with Crippen molar-refractivity contribution >= 4 is 11.8 Å². The zero-order chi connectivity index (χ0) is 17.9. The van der Waals surface area contributed by atoms with Gasteiger partial charge in [-0.3, -0.25) is 9.59 Å². The molecule has 0 bridgehead atoms. The molecule has 6 nitrogen and oxygen atoms in total. The number of piperidine rings is 1. The van der Waals surface area contributed by atoms with Crippen LogP contribution < -0.4 is 0 Å². The highest BCUT2D eigenvalue weighted by Crippen LogP contribution is 2.32. The molecule has 1 aliphatic heterocycles. The number of likely N-dealkylation sites (tertiary alicyclic amines) is 1. The Kier molecular flexibility index (Phi) is 4.88. The molecule has 0 spiro atoms. The van der Waals surface area contributed by atoms with E-state index in [9.17, 15) is 9.59 Å². The number of carbonyl (C=O) groups excluding carboxylic acids is 2. The molecule has 0 N–H and O–H groups in total. The topological polar surface area (TPSA) is 66.7 Å². The van der Waals surface area contributed by atoms with E-state index < -0.39 is 5.41 Å². The van der Waals surface area contributed by atoms with E-state index in [-0.39, 0.29) is 11.8 Å². The molecule has 1 aromatic heterocycles. The molecule has 1 fully saturated rings. The van der Waals surface area contributed by atoms with Crippen molar-refractivity contribution in [2.45, 2.75) is 26.3 Å². The van der Waals surface area contributed by atoms with Crippen molar-refractivity contribution in [2.75, 3.05) is 20.1 Å². The number of aromatic nitrogens is 1. The molecule has 1 unspecified atom stereocenters. The van der Waals surface area contributed by atoms with Gasteiger partial charge < -0.3 is 14.3 Å². The lowest BCUT2D eigenvalue weighted by Gasteiger charge is -2.41. The van der Waals surface area contributed by atoms with Crippen LogP contribution in [0.4, 0.5) is 0 Å². The van der Waals surface area contributed by atoms with Crippen LogP contribution in [-0.2, 0) is 11.3 Å². The first-order valence-corrected chi connectivity index (χ1v) is 8.49. The van der Waals surface area contributed by atoms with Gasteiger partial charge in [0.25, 0.3) is 5.91 Å². The molecule has 132 valence electrons. The average molecular weight is 341 g/mol. The molecule has 0 radical (unpaired) electrons. The van der Waals surface area contributed by atoms with Crippen molar-refractivity contribution in [1.29, 1.82) is 0 Å². The summed E-state index contributed by atoms with van der Waals surface area (Å²) in [6.07, 6.45) is 3.09. The second-order valence-electron chi connectivity index (χ2n) is 6.91. The standard InChI is InChI=1S/C19H23N3O3/c1-19(18(24)21(2)13-16-9-12-25-20-16)10-6-11-22(14-19)17(23)15-7-4-3-5-8-15/h3-5,7-9,12H,6,10-11,13-14H2,1-2H3. The van der Waals surface area contributed by atoms with Gasteiger partial charge in [-0.15, -0.1) is 0 Å². The highest BCUT2D eigenvalue weighted by atomic mass is 16.5. The van der Waals surface area contributed by atoms with Crippen molar-refractivity contribution in [1.82, 2.24) is 15.0 Å². The number of amides is 2. The van der Waals surface area contributed by atoms with Crippen LogP contribution in [0, 0.1) is 5.41 Å². The summed E-state index contributed by atoms with van der Waals surface area (Å²) in [6.45, 7) is 3.46. The molecule has 1 aliphatic rings. The van der Waals surface area contributed by atoms with Gasteiger partial charge in [-0.2, -0.15) is 0 Å². The summed E-state index contributed by atoms with van der Waals surface area (Å²) < 4.78 is 4.82. The molecule has 1 aromatic carbocycles. The smallest absolute Gasteiger partial charge is 0.253 e. The summed E-state index contributed by atoms with van der Waals surface area (Å²) >= 11 is 0. The van der Waals surface area contributed by atoms with E-state index >= 15 is 0 Å². The maximum atomic E-state index is 13.0. The lowest BCUT2D eigenvalue weighted by molar-refractivity contribution is -0.143. The van der Waals surface area contributed by atoms with Gasteiger partial charge in [-0.1, -0.05) is 23.4 Å². The van der Waals surface area contributed by atoms with Crippen LogP contribution in [0.5, 0.6) is 0 Å². The van der Waals surface area contributed by atoms with Gasteiger partial charge in [0.2, 0.25) is 5.91 Å². The number of hydrogen-bond acceptors (Lipinski definition) is 4. The predicted octanol–water partition coefficient (Wildman–Crippen LogP) is 2.58. The minimum absolute atomic E-state index is 0.0153. The summed E-state index contributed by atoms with van der Waals surface area (Å²) in [6, 6.07) is 11.0. The maximum absolute atomic E-state index is 13.0. The summed E-state index contributed by atoms with van der Waals surface area (Å²) in [5.74, 6) is 0.0135. The minimum atomic E-state index is -0.582. The Morgan fingerprint density at radius 1 is 1.28 bits per heavy atom. The number of rotatable bonds is 4. The third-order valence-electron chi connectivity index (χ3n) is 4.76. The summed E-state index contributed by atoms with van der Waals surface area (Å²) in [4.78, 5) is 29.1. The molecule has 1 atom stereocenters. The second-order valence-corrected chi connectivity index (χ2v) is 6.91. The van der Waals surface area contributed by atoms with E-state index in [0.29, 0.717) is 30.9 Å². The molecule has 2 amide bonds. The average Bonchev–Trinajstić information content (AvgIpc) is 3.14. The highest BCUT2D eigenvalue weighted by molar-refractivity contribution is 5.95. The van der Waals surface area contributed by atoms with E-state index in [1.165, 1.54) is 6.26 Å². The van der Waals surface area contributed by atoms with Crippen LogP contribution in [0.3, 0.4) is 0 Å². The molecular weight excluding hydrogens is 318 g/mol. The highest BCUT2D eigenvalue weighted by Gasteiger charge is 2.41. The van der Waals surface area contributed by atoms with Gasteiger partial charge >= 0.3 is 0 Å². The normalized spacial score (nSPS) is 20.3. The monoisotopic (exact) mass is 341 g/mol. The van der Waals surface area contributed by atoms with Crippen molar-refractivity contribution in [3.05, 3.63) is 53.9 Å². The third kappa shape index (κ3) is 3.73. The van der Waals surface area contributed by atoms with Gasteiger partial charge in [0.1, 0.15) is 12.0 Å². The summed E-state index contributed by atoms with van der Waals surface area (Å²) in [5.41, 5.74) is 0.795. The van der Waals surface area contributed by atoms with Crippen molar-refractivity contribution in [2.24, 2.45) is 5.41 Å². The predicted molar refractivity (Wildman–Crippen MR) is 92.7 cm³/mol. The van der Waals surface area contributed by atoms with E-state index in [0.717, 1.165) is 12.8 Å². The van der Waals surface area contributed by atoms with E-state index in [1.807, 2.05) is 37.3 Å². The Bertz CT molecular complexity index is 730. The van der Waals surface area contributed by atoms with Crippen LogP contribution in [0.2, 0.25) is 0 Å². The lowest BCUT2D eigenvalue weighted by Crippen LogP contribution is -2.52. The van der Waals surface area contributed by atoms with Gasteiger partial charge in [0.05, 0.1) is 12.0 Å². The Labute approximate surface area is 147 Å². The van der Waals surface area contributed by atoms with Crippen molar-refractivity contribution < 1.29 is 14.1 Å². The molecule has 1 saturated heterocycles. The second kappa shape index (κ2) is 7.09. The van der Waals surface area contributed by atoms with Crippen molar-refractivity contribution in [3.8, 4) is 0 Å².